The van der Waals surface area contributed by atoms with Crippen molar-refractivity contribution in [1.82, 2.24) is 10.6 Å². The van der Waals surface area contributed by atoms with Crippen molar-refractivity contribution in [2.24, 2.45) is 0 Å². The Labute approximate surface area is 101 Å². The van der Waals surface area contributed by atoms with Crippen LogP contribution in [0.5, 0.6) is 0 Å². The Bertz CT molecular complexity index is 178. The predicted octanol–water partition coefficient (Wildman–Crippen LogP) is 0.189. The Hall–Kier alpha value is 1.04. The maximum absolute atomic E-state index is 4.97. The molecule has 5 heteroatoms. The van der Waals surface area contributed by atoms with E-state index in [0.29, 0.717) is 5.11 Å². The van der Waals surface area contributed by atoms with Gasteiger partial charge in [-0.2, -0.15) is 0 Å². The molecule has 0 unspecified atom stereocenters. The van der Waals surface area contributed by atoms with Crippen LogP contribution in [0.15, 0.2) is 0 Å². The Morgan fingerprint density at radius 1 is 1.30 bits per heavy atom. The van der Waals surface area contributed by atoms with Gasteiger partial charge in [0, 0.05) is 0 Å². The van der Waals surface area contributed by atoms with Crippen molar-refractivity contribution >= 4 is 72.3 Å². The molecule has 1 fully saturated rings. The van der Waals surface area contributed by atoms with Gasteiger partial charge in [0.15, 0.2) is 5.11 Å². The zero-order valence-corrected chi connectivity index (χ0v) is 9.86. The van der Waals surface area contributed by atoms with E-state index < -0.39 is 0 Å². The summed E-state index contributed by atoms with van der Waals surface area (Å²) in [5, 5.41) is 6.51. The van der Waals surface area contributed by atoms with Gasteiger partial charge in [-0.05, 0) is 26.1 Å². The van der Waals surface area contributed by atoms with Crippen molar-refractivity contribution < 1.29 is 0 Å². The minimum Gasteiger partial charge on any atom is -0.351 e. The first-order chi connectivity index (χ1) is 4.02. The SMILES string of the molecule is CC1(C)NC(=S)NC1=S.[Ca+2]. The van der Waals surface area contributed by atoms with Crippen LogP contribution < -0.4 is 10.6 Å². The van der Waals surface area contributed by atoms with Crippen molar-refractivity contribution in [3.63, 3.8) is 0 Å². The summed E-state index contributed by atoms with van der Waals surface area (Å²) in [5.41, 5.74) is -0.146. The fourth-order valence-corrected chi connectivity index (χ4v) is 1.21. The standard InChI is InChI=1S/C5H8N2S2.Ca/c1-5(2)3(8)6-4(9)7-5;/h1-2H3,(H2,6,7,8,9);/q;+2. The molecule has 2 N–H and O–H groups in total. The summed E-state index contributed by atoms with van der Waals surface area (Å²) in [4.78, 5) is 0.771. The van der Waals surface area contributed by atoms with E-state index in [4.69, 9.17) is 24.4 Å². The van der Waals surface area contributed by atoms with Crippen LogP contribution in [0.2, 0.25) is 0 Å². The third kappa shape index (κ3) is 2.27. The van der Waals surface area contributed by atoms with Gasteiger partial charge >= 0.3 is 37.7 Å². The van der Waals surface area contributed by atoms with Gasteiger partial charge in [-0.3, -0.25) is 0 Å². The van der Waals surface area contributed by atoms with E-state index in [1.165, 1.54) is 0 Å². The number of hydrogen-bond acceptors (Lipinski definition) is 2. The fourth-order valence-electron chi connectivity index (χ4n) is 0.631. The molecule has 1 heterocycles. The molecule has 0 aromatic carbocycles. The number of hydrogen-bond donors (Lipinski definition) is 2. The van der Waals surface area contributed by atoms with E-state index in [0.717, 1.165) is 4.99 Å². The largest absolute Gasteiger partial charge is 2.00 e. The smallest absolute Gasteiger partial charge is 0.351 e. The predicted molar refractivity (Wildman–Crippen MR) is 51.3 cm³/mol. The van der Waals surface area contributed by atoms with E-state index in [1.54, 1.807) is 0 Å². The summed E-state index contributed by atoms with van der Waals surface area (Å²) in [6.45, 7) is 3.98. The van der Waals surface area contributed by atoms with Crippen LogP contribution >= 0.6 is 24.4 Å². The zero-order valence-electron chi connectivity index (χ0n) is 6.02. The maximum atomic E-state index is 4.97. The second-order valence-corrected chi connectivity index (χ2v) is 3.35. The molecule has 0 aromatic rings. The van der Waals surface area contributed by atoms with Gasteiger partial charge in [0.2, 0.25) is 0 Å². The van der Waals surface area contributed by atoms with Gasteiger partial charge in [-0.15, -0.1) is 0 Å². The average molecular weight is 200 g/mol. The Morgan fingerprint density at radius 3 is 1.90 bits per heavy atom. The molecule has 0 saturated carbocycles. The summed E-state index contributed by atoms with van der Waals surface area (Å²) in [5.74, 6) is 0. The average Bonchev–Trinajstić information content (AvgIpc) is 1.79. The Balaban J connectivity index is 0.000000810. The van der Waals surface area contributed by atoms with Gasteiger partial charge < -0.3 is 10.6 Å². The minimum atomic E-state index is -0.146. The molecule has 0 aliphatic carbocycles. The first kappa shape index (κ1) is 11.0. The first-order valence-electron chi connectivity index (χ1n) is 2.66. The third-order valence-corrected chi connectivity index (χ3v) is 2.04. The molecule has 50 valence electrons. The van der Waals surface area contributed by atoms with Gasteiger partial charge in [0.25, 0.3) is 0 Å². The van der Waals surface area contributed by atoms with Crippen molar-refractivity contribution in [2.45, 2.75) is 19.4 Å². The van der Waals surface area contributed by atoms with Crippen LogP contribution in [0.1, 0.15) is 13.8 Å². The van der Waals surface area contributed by atoms with Gasteiger partial charge in [0.05, 0.1) is 5.54 Å². The second-order valence-electron chi connectivity index (χ2n) is 2.53. The summed E-state index contributed by atoms with van der Waals surface area (Å²) < 4.78 is 0. The van der Waals surface area contributed by atoms with Gasteiger partial charge in [-0.1, -0.05) is 12.2 Å². The second kappa shape index (κ2) is 3.63. The Morgan fingerprint density at radius 2 is 1.80 bits per heavy atom. The third-order valence-electron chi connectivity index (χ3n) is 1.22. The fraction of sp³-hybridized carbons (Fsp3) is 0.600. The molecule has 0 bridgehead atoms. The molecule has 2 nitrogen and oxygen atoms in total. The maximum Gasteiger partial charge on any atom is 2.00 e. The van der Waals surface area contributed by atoms with Crippen LogP contribution in [0.3, 0.4) is 0 Å². The molecular formula is C5H8CaN2S2+2. The molecule has 1 saturated heterocycles. The van der Waals surface area contributed by atoms with Gasteiger partial charge in [0.1, 0.15) is 4.99 Å². The quantitative estimate of drug-likeness (QED) is 0.431. The normalized spacial score (nSPS) is 21.0. The number of nitrogens with one attached hydrogen (secondary N) is 2. The molecule has 0 aromatic heterocycles. The van der Waals surface area contributed by atoms with Crippen LogP contribution in [-0.4, -0.2) is 53.4 Å². The van der Waals surface area contributed by atoms with Crippen LogP contribution in [0.25, 0.3) is 0 Å². The molecular weight excluding hydrogens is 192 g/mol. The Kier molecular flexibility index (Phi) is 4.00. The summed E-state index contributed by atoms with van der Waals surface area (Å²) in [7, 11) is 0. The van der Waals surface area contributed by atoms with E-state index >= 15 is 0 Å². The minimum absolute atomic E-state index is 0. The van der Waals surface area contributed by atoms with Crippen molar-refractivity contribution in [2.75, 3.05) is 0 Å². The topological polar surface area (TPSA) is 24.1 Å². The van der Waals surface area contributed by atoms with E-state index in [1.807, 2.05) is 13.8 Å². The van der Waals surface area contributed by atoms with Crippen LogP contribution in [0.4, 0.5) is 0 Å². The summed E-state index contributed by atoms with van der Waals surface area (Å²) >= 11 is 9.81. The van der Waals surface area contributed by atoms with Gasteiger partial charge in [-0.25, -0.2) is 0 Å². The van der Waals surface area contributed by atoms with Crippen LogP contribution in [0, 0.1) is 0 Å². The van der Waals surface area contributed by atoms with E-state index in [-0.39, 0.29) is 43.3 Å². The summed E-state index contributed by atoms with van der Waals surface area (Å²) in [6.07, 6.45) is 0. The molecule has 0 atom stereocenters. The van der Waals surface area contributed by atoms with Crippen molar-refractivity contribution in [3.05, 3.63) is 0 Å². The monoisotopic (exact) mass is 200 g/mol. The molecule has 10 heavy (non-hydrogen) atoms. The van der Waals surface area contributed by atoms with Crippen LogP contribution in [-0.2, 0) is 0 Å². The van der Waals surface area contributed by atoms with E-state index in [9.17, 15) is 0 Å². The molecule has 0 spiro atoms. The molecule has 1 aliphatic heterocycles. The number of rotatable bonds is 0. The molecule has 1 aliphatic rings. The first-order valence-corrected chi connectivity index (χ1v) is 3.47. The number of thiocarbonyl (C=S) groups is 2. The molecule has 0 amide bonds. The van der Waals surface area contributed by atoms with Crippen molar-refractivity contribution in [1.29, 1.82) is 0 Å². The molecule has 0 radical (unpaired) electrons. The van der Waals surface area contributed by atoms with Crippen molar-refractivity contribution in [3.8, 4) is 0 Å². The summed E-state index contributed by atoms with van der Waals surface area (Å²) in [6, 6.07) is 0. The molecule has 1 rings (SSSR count). The van der Waals surface area contributed by atoms with E-state index in [2.05, 4.69) is 10.6 Å². The zero-order chi connectivity index (χ0) is 7.07.